The molecule has 0 amide bonds. The average molecular weight is 272 g/mol. The summed E-state index contributed by atoms with van der Waals surface area (Å²) in [5.74, 6) is 0.610. The van der Waals surface area contributed by atoms with Crippen molar-refractivity contribution in [2.24, 2.45) is 5.14 Å². The molecule has 92 valence electrons. The molecule has 0 saturated heterocycles. The van der Waals surface area contributed by atoms with E-state index in [1.165, 1.54) is 4.57 Å². The number of nitrogens with zero attached hydrogens (tertiary/aromatic N) is 3. The molecule has 0 spiro atoms. The van der Waals surface area contributed by atoms with Gasteiger partial charge in [0.2, 0.25) is 0 Å². The molecule has 0 fully saturated rings. The highest BCUT2D eigenvalue weighted by molar-refractivity contribution is 7.89. The topological polar surface area (TPSA) is 90.9 Å². The second-order valence-electron chi connectivity index (χ2n) is 3.44. The summed E-state index contributed by atoms with van der Waals surface area (Å²) >= 11 is 1.59. The van der Waals surface area contributed by atoms with Gasteiger partial charge in [-0.25, -0.2) is 13.6 Å². The lowest BCUT2D eigenvalue weighted by Crippen LogP contribution is -2.19. The Labute approximate surface area is 103 Å². The predicted octanol–water partition coefficient (Wildman–Crippen LogP) is 0.598. The molecule has 6 nitrogen and oxygen atoms in total. The van der Waals surface area contributed by atoms with Crippen molar-refractivity contribution in [2.45, 2.75) is 25.0 Å². The Kier molecular flexibility index (Phi) is 3.27. The summed E-state index contributed by atoms with van der Waals surface area (Å²) < 4.78 is 24.1. The van der Waals surface area contributed by atoms with Gasteiger partial charge in [0.05, 0.1) is 0 Å². The van der Waals surface area contributed by atoms with Crippen LogP contribution in [0.25, 0.3) is 0 Å². The van der Waals surface area contributed by atoms with Gasteiger partial charge in [0.15, 0.2) is 0 Å². The first kappa shape index (κ1) is 12.2. The molecule has 0 saturated carbocycles. The minimum atomic E-state index is -3.81. The van der Waals surface area contributed by atoms with E-state index in [1.54, 1.807) is 11.3 Å². The number of primary sulfonamides is 1. The molecule has 0 radical (unpaired) electrons. The van der Waals surface area contributed by atoms with Gasteiger partial charge >= 0.3 is 0 Å². The first-order chi connectivity index (χ1) is 8.02. The number of nitrogens with two attached hydrogens (primary N) is 1. The van der Waals surface area contributed by atoms with Crippen LogP contribution in [-0.4, -0.2) is 23.2 Å². The first-order valence-electron chi connectivity index (χ1n) is 4.99. The van der Waals surface area contributed by atoms with E-state index in [4.69, 9.17) is 5.14 Å². The molecule has 8 heteroatoms. The fraction of sp³-hybridized carbons (Fsp3) is 0.333. The SMILES string of the molecule is CCn1c(Cc2cccs2)nnc1S(N)(=O)=O. The van der Waals surface area contributed by atoms with Crippen LogP contribution >= 0.6 is 11.3 Å². The van der Waals surface area contributed by atoms with Crippen LogP contribution in [0.15, 0.2) is 22.7 Å². The van der Waals surface area contributed by atoms with Crippen molar-refractivity contribution >= 4 is 21.4 Å². The maximum Gasteiger partial charge on any atom is 0.273 e. The van der Waals surface area contributed by atoms with Crippen molar-refractivity contribution in [3.63, 3.8) is 0 Å². The summed E-state index contributed by atoms with van der Waals surface area (Å²) in [6.07, 6.45) is 0.564. The van der Waals surface area contributed by atoms with Crippen LogP contribution in [0.5, 0.6) is 0 Å². The highest BCUT2D eigenvalue weighted by Gasteiger charge is 2.20. The summed E-state index contributed by atoms with van der Waals surface area (Å²) in [6, 6.07) is 3.91. The molecule has 2 heterocycles. The normalized spacial score (nSPS) is 11.9. The van der Waals surface area contributed by atoms with E-state index in [0.29, 0.717) is 18.8 Å². The van der Waals surface area contributed by atoms with Crippen LogP contribution in [0.1, 0.15) is 17.6 Å². The summed E-state index contributed by atoms with van der Waals surface area (Å²) in [4.78, 5) is 1.10. The van der Waals surface area contributed by atoms with Crippen LogP contribution in [0.3, 0.4) is 0 Å². The van der Waals surface area contributed by atoms with Crippen molar-refractivity contribution in [1.29, 1.82) is 0 Å². The maximum atomic E-state index is 11.3. The Morgan fingerprint density at radius 1 is 1.47 bits per heavy atom. The highest BCUT2D eigenvalue weighted by atomic mass is 32.2. The van der Waals surface area contributed by atoms with Gasteiger partial charge in [-0.15, -0.1) is 21.5 Å². The number of hydrogen-bond acceptors (Lipinski definition) is 5. The Hall–Kier alpha value is -1.25. The van der Waals surface area contributed by atoms with Gasteiger partial charge in [0.25, 0.3) is 15.2 Å². The molecule has 0 atom stereocenters. The Morgan fingerprint density at radius 3 is 2.76 bits per heavy atom. The number of thiophene rings is 1. The Bertz CT molecular complexity index is 601. The van der Waals surface area contributed by atoms with Crippen LogP contribution in [0.4, 0.5) is 0 Å². The summed E-state index contributed by atoms with van der Waals surface area (Å²) in [6.45, 7) is 2.30. The third kappa shape index (κ3) is 2.54. The molecular weight excluding hydrogens is 260 g/mol. The van der Waals surface area contributed by atoms with Crippen LogP contribution < -0.4 is 5.14 Å². The average Bonchev–Trinajstić information content (AvgIpc) is 2.85. The molecule has 2 aromatic heterocycles. The fourth-order valence-electron chi connectivity index (χ4n) is 1.55. The van der Waals surface area contributed by atoms with E-state index >= 15 is 0 Å². The summed E-state index contributed by atoms with van der Waals surface area (Å²) in [5, 5.41) is 14.4. The van der Waals surface area contributed by atoms with Gasteiger partial charge in [-0.1, -0.05) is 6.07 Å². The van der Waals surface area contributed by atoms with E-state index in [9.17, 15) is 8.42 Å². The molecule has 0 aliphatic rings. The molecule has 0 aliphatic carbocycles. The monoisotopic (exact) mass is 272 g/mol. The van der Waals surface area contributed by atoms with Gasteiger partial charge < -0.3 is 4.57 Å². The molecule has 2 rings (SSSR count). The fourth-order valence-corrected chi connectivity index (χ4v) is 2.94. The minimum absolute atomic E-state index is 0.174. The van der Waals surface area contributed by atoms with E-state index in [-0.39, 0.29) is 5.16 Å². The maximum absolute atomic E-state index is 11.3. The van der Waals surface area contributed by atoms with Crippen molar-refractivity contribution in [1.82, 2.24) is 14.8 Å². The largest absolute Gasteiger partial charge is 0.301 e. The zero-order valence-electron chi connectivity index (χ0n) is 9.20. The van der Waals surface area contributed by atoms with Gasteiger partial charge in [-0.2, -0.15) is 0 Å². The van der Waals surface area contributed by atoms with Crippen molar-refractivity contribution in [3.05, 3.63) is 28.2 Å². The zero-order valence-corrected chi connectivity index (χ0v) is 10.8. The second kappa shape index (κ2) is 4.55. The van der Waals surface area contributed by atoms with Gasteiger partial charge in [-0.05, 0) is 18.4 Å². The lowest BCUT2D eigenvalue weighted by molar-refractivity contribution is 0.565. The molecular formula is C9H12N4O2S2. The van der Waals surface area contributed by atoms with Crippen LogP contribution in [-0.2, 0) is 23.0 Å². The lowest BCUT2D eigenvalue weighted by atomic mass is 10.3. The third-order valence-corrected chi connectivity index (χ3v) is 3.96. The van der Waals surface area contributed by atoms with Crippen LogP contribution in [0, 0.1) is 0 Å². The number of rotatable bonds is 4. The zero-order chi connectivity index (χ0) is 12.5. The summed E-state index contributed by atoms with van der Waals surface area (Å²) in [7, 11) is -3.81. The Balaban J connectivity index is 2.40. The van der Waals surface area contributed by atoms with Gasteiger partial charge in [0, 0.05) is 17.8 Å². The van der Waals surface area contributed by atoms with E-state index in [1.807, 2.05) is 24.4 Å². The van der Waals surface area contributed by atoms with E-state index in [0.717, 1.165) is 4.88 Å². The molecule has 17 heavy (non-hydrogen) atoms. The van der Waals surface area contributed by atoms with Crippen molar-refractivity contribution < 1.29 is 8.42 Å². The predicted molar refractivity (Wildman–Crippen MR) is 64.2 cm³/mol. The molecule has 0 aliphatic heterocycles. The van der Waals surface area contributed by atoms with Gasteiger partial charge in [0.1, 0.15) is 5.82 Å². The minimum Gasteiger partial charge on any atom is -0.301 e. The lowest BCUT2D eigenvalue weighted by Gasteiger charge is -2.04. The molecule has 0 bridgehead atoms. The first-order valence-corrected chi connectivity index (χ1v) is 7.42. The number of aromatic nitrogens is 3. The Morgan fingerprint density at radius 2 is 2.24 bits per heavy atom. The summed E-state index contributed by atoms with van der Waals surface area (Å²) in [5.41, 5.74) is 0. The quantitative estimate of drug-likeness (QED) is 0.882. The third-order valence-electron chi connectivity index (χ3n) is 2.28. The van der Waals surface area contributed by atoms with Gasteiger partial charge in [-0.3, -0.25) is 0 Å². The second-order valence-corrected chi connectivity index (χ2v) is 5.93. The molecule has 2 aromatic rings. The number of sulfonamides is 1. The van der Waals surface area contributed by atoms with Crippen molar-refractivity contribution in [3.8, 4) is 0 Å². The number of hydrogen-bond donors (Lipinski definition) is 1. The molecule has 0 aromatic carbocycles. The smallest absolute Gasteiger partial charge is 0.273 e. The van der Waals surface area contributed by atoms with Crippen LogP contribution in [0.2, 0.25) is 0 Å². The standard InChI is InChI=1S/C9H12N4O2S2/c1-2-13-8(6-7-4-3-5-16-7)11-12-9(13)17(10,14)15/h3-5H,2,6H2,1H3,(H2,10,14,15). The van der Waals surface area contributed by atoms with E-state index in [2.05, 4.69) is 10.2 Å². The highest BCUT2D eigenvalue weighted by Crippen LogP contribution is 2.15. The van der Waals surface area contributed by atoms with Crippen molar-refractivity contribution in [2.75, 3.05) is 0 Å². The molecule has 2 N–H and O–H groups in total. The molecule has 0 unspecified atom stereocenters. The van der Waals surface area contributed by atoms with E-state index < -0.39 is 10.0 Å².